The monoisotopic (exact) mass is 455 g/mol. The van der Waals surface area contributed by atoms with Crippen LogP contribution >= 0.6 is 11.8 Å². The van der Waals surface area contributed by atoms with Gasteiger partial charge in [0.25, 0.3) is 0 Å². The Hall–Kier alpha value is -1.62. The molecule has 8 nitrogen and oxygen atoms in total. The van der Waals surface area contributed by atoms with E-state index in [1.165, 1.54) is 11.8 Å². The lowest BCUT2D eigenvalue weighted by Gasteiger charge is -2.17. The first-order valence-corrected chi connectivity index (χ1v) is 12.9. The van der Waals surface area contributed by atoms with E-state index in [0.29, 0.717) is 32.6 Å². The molecule has 2 aliphatic heterocycles. The van der Waals surface area contributed by atoms with E-state index in [-0.39, 0.29) is 35.0 Å². The molecule has 0 saturated carbocycles. The molecule has 3 rings (SSSR count). The third kappa shape index (κ3) is 6.69. The summed E-state index contributed by atoms with van der Waals surface area (Å²) >= 11 is 1.49. The molecule has 1 fully saturated rings. The van der Waals surface area contributed by atoms with Gasteiger partial charge in [-0.2, -0.15) is 0 Å². The molecule has 0 unspecified atom stereocenters. The molecule has 2 N–H and O–H groups in total. The van der Waals surface area contributed by atoms with E-state index in [9.17, 15) is 13.2 Å². The summed E-state index contributed by atoms with van der Waals surface area (Å²) < 4.78 is 34.2. The Labute approximate surface area is 182 Å². The number of sulfone groups is 1. The lowest BCUT2D eigenvalue weighted by molar-refractivity contribution is -0.139. The van der Waals surface area contributed by atoms with Gasteiger partial charge in [0.1, 0.15) is 0 Å². The minimum atomic E-state index is -2.94. The Balaban J connectivity index is 1.42. The number of nitrogens with zero attached hydrogens (tertiary/aromatic N) is 1. The van der Waals surface area contributed by atoms with Gasteiger partial charge < -0.3 is 20.1 Å². The zero-order valence-electron chi connectivity index (χ0n) is 17.3. The van der Waals surface area contributed by atoms with Gasteiger partial charge in [0, 0.05) is 37.1 Å². The summed E-state index contributed by atoms with van der Waals surface area (Å²) in [6.45, 7) is 5.47. The molecule has 2 heterocycles. The Morgan fingerprint density at radius 3 is 2.53 bits per heavy atom. The van der Waals surface area contributed by atoms with E-state index in [1.807, 2.05) is 38.1 Å². The molecular formula is C20H29N3O5S2. The SMILES string of the molecule is CCOC(CCNC(=O)Cc1ccc(NC2=N[C@H]3CS(=O)(=O)C[C@H]3S2)cc1)OCC. The second kappa shape index (κ2) is 10.6. The molecular weight excluding hydrogens is 426 g/mol. The van der Waals surface area contributed by atoms with Gasteiger partial charge in [-0.3, -0.25) is 9.79 Å². The van der Waals surface area contributed by atoms with Crippen molar-refractivity contribution in [1.82, 2.24) is 5.32 Å². The van der Waals surface area contributed by atoms with Gasteiger partial charge in [0.2, 0.25) is 5.91 Å². The average Bonchev–Trinajstić information content (AvgIpc) is 3.16. The third-order valence-corrected chi connectivity index (χ3v) is 7.94. The summed E-state index contributed by atoms with van der Waals surface area (Å²) in [5, 5.41) is 6.90. The van der Waals surface area contributed by atoms with Crippen molar-refractivity contribution in [2.24, 2.45) is 4.99 Å². The van der Waals surface area contributed by atoms with Crippen molar-refractivity contribution in [3.8, 4) is 0 Å². The van der Waals surface area contributed by atoms with Gasteiger partial charge in [0.15, 0.2) is 21.3 Å². The lowest BCUT2D eigenvalue weighted by atomic mass is 10.1. The van der Waals surface area contributed by atoms with Gasteiger partial charge in [-0.1, -0.05) is 23.9 Å². The predicted octanol–water partition coefficient (Wildman–Crippen LogP) is 1.81. The number of anilines is 1. The van der Waals surface area contributed by atoms with Crippen LogP contribution < -0.4 is 10.6 Å². The summed E-state index contributed by atoms with van der Waals surface area (Å²) in [7, 11) is -2.94. The van der Waals surface area contributed by atoms with Crippen LogP contribution in [0.4, 0.5) is 5.69 Å². The van der Waals surface area contributed by atoms with Crippen molar-refractivity contribution in [3.63, 3.8) is 0 Å². The molecule has 1 aromatic rings. The van der Waals surface area contributed by atoms with Crippen molar-refractivity contribution in [3.05, 3.63) is 29.8 Å². The fourth-order valence-electron chi connectivity index (χ4n) is 3.41. The second-order valence-electron chi connectivity index (χ2n) is 7.21. The highest BCUT2D eigenvalue weighted by Gasteiger charge is 2.42. The molecule has 2 aliphatic rings. The topological polar surface area (TPSA) is 106 Å². The van der Waals surface area contributed by atoms with Crippen molar-refractivity contribution in [2.75, 3.05) is 36.6 Å². The summed E-state index contributed by atoms with van der Waals surface area (Å²) in [4.78, 5) is 16.6. The maximum atomic E-state index is 12.2. The number of amidine groups is 1. The molecule has 166 valence electrons. The number of carbonyl (C=O) groups excluding carboxylic acids is 1. The van der Waals surface area contributed by atoms with Crippen LogP contribution in [0.1, 0.15) is 25.8 Å². The van der Waals surface area contributed by atoms with Crippen LogP contribution in [-0.2, 0) is 30.5 Å². The van der Waals surface area contributed by atoms with Crippen LogP contribution in [0.3, 0.4) is 0 Å². The summed E-state index contributed by atoms with van der Waals surface area (Å²) in [5.74, 6) is 0.285. The fourth-order valence-corrected chi connectivity index (χ4v) is 7.09. The van der Waals surface area contributed by atoms with E-state index in [1.54, 1.807) is 0 Å². The number of fused-ring (bicyclic) bond motifs is 1. The van der Waals surface area contributed by atoms with Crippen molar-refractivity contribution in [1.29, 1.82) is 0 Å². The number of amides is 1. The number of carbonyl (C=O) groups is 1. The largest absolute Gasteiger partial charge is 0.356 e. The van der Waals surface area contributed by atoms with Crippen molar-refractivity contribution in [2.45, 2.75) is 44.3 Å². The Morgan fingerprint density at radius 1 is 1.20 bits per heavy atom. The van der Waals surface area contributed by atoms with E-state index >= 15 is 0 Å². The molecule has 0 aromatic heterocycles. The number of hydrogen-bond donors (Lipinski definition) is 2. The molecule has 1 saturated heterocycles. The van der Waals surface area contributed by atoms with E-state index in [4.69, 9.17) is 9.47 Å². The molecule has 10 heteroatoms. The Kier molecular flexibility index (Phi) is 8.15. The lowest BCUT2D eigenvalue weighted by Crippen LogP contribution is -2.30. The highest BCUT2D eigenvalue weighted by molar-refractivity contribution is 8.15. The molecule has 1 amide bonds. The Bertz CT molecular complexity index is 852. The van der Waals surface area contributed by atoms with Crippen LogP contribution in [0.25, 0.3) is 0 Å². The molecule has 2 atom stereocenters. The fraction of sp³-hybridized carbons (Fsp3) is 0.600. The normalized spacial score (nSPS) is 22.0. The van der Waals surface area contributed by atoms with Crippen LogP contribution in [0.15, 0.2) is 29.3 Å². The van der Waals surface area contributed by atoms with Crippen LogP contribution in [0, 0.1) is 0 Å². The predicted molar refractivity (Wildman–Crippen MR) is 120 cm³/mol. The molecule has 0 bridgehead atoms. The summed E-state index contributed by atoms with van der Waals surface area (Å²) in [6.07, 6.45) is 0.618. The number of nitrogens with one attached hydrogen (secondary N) is 2. The molecule has 0 aliphatic carbocycles. The molecule has 1 aromatic carbocycles. The molecule has 30 heavy (non-hydrogen) atoms. The smallest absolute Gasteiger partial charge is 0.224 e. The first kappa shape index (κ1) is 23.1. The number of benzene rings is 1. The quantitative estimate of drug-likeness (QED) is 0.518. The summed E-state index contributed by atoms with van der Waals surface area (Å²) in [5.41, 5.74) is 1.78. The highest BCUT2D eigenvalue weighted by atomic mass is 32.2. The third-order valence-electron chi connectivity index (χ3n) is 4.80. The molecule has 0 spiro atoms. The number of hydrogen-bond acceptors (Lipinski definition) is 8. The standard InChI is InChI=1S/C20H29N3O5S2/c1-3-27-19(28-4-2)9-10-21-18(24)11-14-5-7-15(8-6-14)22-20-23-16-12-30(25,26)13-17(16)29-20/h5-8,16-17,19H,3-4,9-13H2,1-2H3,(H,21,24)(H,22,23)/t16-,17+/m0/s1. The van der Waals surface area contributed by atoms with Gasteiger partial charge in [-0.15, -0.1) is 0 Å². The first-order valence-electron chi connectivity index (χ1n) is 10.2. The minimum absolute atomic E-state index is 0.0190. The van der Waals surface area contributed by atoms with E-state index in [0.717, 1.165) is 16.4 Å². The van der Waals surface area contributed by atoms with Crippen LogP contribution in [-0.4, -0.2) is 68.3 Å². The molecule has 0 radical (unpaired) electrons. The zero-order valence-corrected chi connectivity index (χ0v) is 18.9. The van der Waals surface area contributed by atoms with Gasteiger partial charge in [-0.05, 0) is 31.5 Å². The van der Waals surface area contributed by atoms with Crippen molar-refractivity contribution >= 4 is 38.4 Å². The van der Waals surface area contributed by atoms with Gasteiger partial charge in [0.05, 0.1) is 24.0 Å². The summed E-state index contributed by atoms with van der Waals surface area (Å²) in [6, 6.07) is 7.45. The highest BCUT2D eigenvalue weighted by Crippen LogP contribution is 2.34. The van der Waals surface area contributed by atoms with Gasteiger partial charge in [-0.25, -0.2) is 8.42 Å². The number of aliphatic imine (C=N–C) groups is 1. The van der Waals surface area contributed by atoms with Crippen molar-refractivity contribution < 1.29 is 22.7 Å². The first-order chi connectivity index (χ1) is 14.4. The van der Waals surface area contributed by atoms with E-state index in [2.05, 4.69) is 15.6 Å². The minimum Gasteiger partial charge on any atom is -0.356 e. The Morgan fingerprint density at radius 2 is 1.90 bits per heavy atom. The number of ether oxygens (including phenoxy) is 2. The van der Waals surface area contributed by atoms with Crippen LogP contribution in [0.2, 0.25) is 0 Å². The average molecular weight is 456 g/mol. The second-order valence-corrected chi connectivity index (χ2v) is 10.6. The van der Waals surface area contributed by atoms with E-state index < -0.39 is 9.84 Å². The van der Waals surface area contributed by atoms with Gasteiger partial charge >= 0.3 is 0 Å². The zero-order chi connectivity index (χ0) is 21.6. The number of thioether (sulfide) groups is 1. The maximum Gasteiger partial charge on any atom is 0.224 e. The number of rotatable bonds is 10. The maximum absolute atomic E-state index is 12.2. The van der Waals surface area contributed by atoms with Crippen LogP contribution in [0.5, 0.6) is 0 Å².